The first-order valence-electron chi connectivity index (χ1n) is 11.8. The summed E-state index contributed by atoms with van der Waals surface area (Å²) in [6.45, 7) is 1.83. The van der Waals surface area contributed by atoms with Crippen LogP contribution in [0.1, 0.15) is 6.92 Å². The van der Waals surface area contributed by atoms with Gasteiger partial charge in [0.1, 0.15) is 24.1 Å². The van der Waals surface area contributed by atoms with E-state index in [0.717, 1.165) is 22.6 Å². The van der Waals surface area contributed by atoms with Gasteiger partial charge in [0.2, 0.25) is 6.29 Å². The lowest BCUT2D eigenvalue weighted by molar-refractivity contribution is -0.288. The van der Waals surface area contributed by atoms with Gasteiger partial charge in [0.25, 0.3) is 0 Å². The molecule has 1 aliphatic heterocycles. The molecular formula is C27H31N3O7. The molecule has 1 aromatic heterocycles. The number of ether oxygens (including phenoxy) is 6. The van der Waals surface area contributed by atoms with Crippen LogP contribution in [0.5, 0.6) is 5.75 Å². The van der Waals surface area contributed by atoms with Crippen LogP contribution >= 0.6 is 0 Å². The number of nitrogens with one attached hydrogen (secondary N) is 1. The third-order valence-corrected chi connectivity index (χ3v) is 6.20. The number of anilines is 1. The topological polar surface area (TPSA) is 110 Å². The maximum Gasteiger partial charge on any atom is 0.414 e. The minimum atomic E-state index is -0.965. The molecule has 0 radical (unpaired) electrons. The second kappa shape index (κ2) is 12.1. The molecule has 0 spiro atoms. The standard InChI is InChI=1S/C27H31N3O7/c1-16-22(33-3)23(34-4)24(35-5)26(36-16)37-27(31)29-19-10-6-17(7-11-19)21-14-15-28-25(30-21)18-8-12-20(32-2)13-9-18/h6-16,22-24,26H,1-5H3,(H,29,31)/t16-,22-,23+,24+,26-/m0/s1. The summed E-state index contributed by atoms with van der Waals surface area (Å²) >= 11 is 0. The number of hydrogen-bond acceptors (Lipinski definition) is 9. The maximum atomic E-state index is 12.6. The summed E-state index contributed by atoms with van der Waals surface area (Å²) in [4.78, 5) is 21.7. The molecule has 1 saturated heterocycles. The van der Waals surface area contributed by atoms with Crippen LogP contribution in [0.4, 0.5) is 10.5 Å². The number of aromatic nitrogens is 2. The Bertz CT molecular complexity index is 1170. The van der Waals surface area contributed by atoms with Gasteiger partial charge in [-0.2, -0.15) is 0 Å². The molecule has 196 valence electrons. The molecule has 1 fully saturated rings. The lowest BCUT2D eigenvalue weighted by Gasteiger charge is -2.43. The lowest BCUT2D eigenvalue weighted by Crippen LogP contribution is -2.59. The smallest absolute Gasteiger partial charge is 0.414 e. The van der Waals surface area contributed by atoms with Crippen molar-refractivity contribution < 1.29 is 33.2 Å². The lowest BCUT2D eigenvalue weighted by atomic mass is 9.99. The molecule has 5 atom stereocenters. The Kier molecular flexibility index (Phi) is 8.67. The van der Waals surface area contributed by atoms with Crippen molar-refractivity contribution in [1.29, 1.82) is 0 Å². The Morgan fingerprint density at radius 2 is 1.49 bits per heavy atom. The number of benzene rings is 2. The minimum absolute atomic E-state index is 0.363. The van der Waals surface area contributed by atoms with Crippen molar-refractivity contribution in [1.82, 2.24) is 9.97 Å². The van der Waals surface area contributed by atoms with Crippen LogP contribution < -0.4 is 10.1 Å². The zero-order chi connectivity index (χ0) is 26.4. The summed E-state index contributed by atoms with van der Waals surface area (Å²) in [5.41, 5.74) is 3.05. The van der Waals surface area contributed by atoms with Gasteiger partial charge in [0.15, 0.2) is 5.82 Å². The molecule has 37 heavy (non-hydrogen) atoms. The van der Waals surface area contributed by atoms with Gasteiger partial charge in [-0.3, -0.25) is 5.32 Å². The summed E-state index contributed by atoms with van der Waals surface area (Å²) in [5.74, 6) is 1.37. The molecule has 2 heterocycles. The van der Waals surface area contributed by atoms with E-state index < -0.39 is 24.6 Å². The number of rotatable bonds is 8. The number of hydrogen-bond donors (Lipinski definition) is 1. The largest absolute Gasteiger partial charge is 0.497 e. The van der Waals surface area contributed by atoms with Crippen LogP contribution in [0.25, 0.3) is 22.6 Å². The third-order valence-electron chi connectivity index (χ3n) is 6.20. The monoisotopic (exact) mass is 509 g/mol. The predicted molar refractivity (Wildman–Crippen MR) is 136 cm³/mol. The van der Waals surface area contributed by atoms with E-state index in [9.17, 15) is 4.79 Å². The van der Waals surface area contributed by atoms with E-state index in [1.807, 2.05) is 49.4 Å². The molecule has 0 unspecified atom stereocenters. The van der Waals surface area contributed by atoms with Crippen LogP contribution in [-0.4, -0.2) is 75.2 Å². The SMILES string of the molecule is COc1ccc(-c2nccc(-c3ccc(NC(=O)O[C@@H]4O[C@@H](C)[C@H](OC)[C@@H](OC)[C@H]4OC)cc3)n2)cc1. The summed E-state index contributed by atoms with van der Waals surface area (Å²) in [5, 5.41) is 2.72. The Morgan fingerprint density at radius 3 is 2.11 bits per heavy atom. The first-order valence-corrected chi connectivity index (χ1v) is 11.8. The van der Waals surface area contributed by atoms with Gasteiger partial charge in [0.05, 0.1) is 18.9 Å². The highest BCUT2D eigenvalue weighted by Crippen LogP contribution is 2.28. The van der Waals surface area contributed by atoms with Gasteiger partial charge in [0, 0.05) is 44.3 Å². The highest BCUT2D eigenvalue weighted by molar-refractivity contribution is 5.85. The van der Waals surface area contributed by atoms with E-state index in [0.29, 0.717) is 11.5 Å². The zero-order valence-corrected chi connectivity index (χ0v) is 21.4. The fraction of sp³-hybridized carbons (Fsp3) is 0.370. The van der Waals surface area contributed by atoms with Gasteiger partial charge in [-0.25, -0.2) is 14.8 Å². The Balaban J connectivity index is 1.41. The van der Waals surface area contributed by atoms with Gasteiger partial charge in [-0.15, -0.1) is 0 Å². The van der Waals surface area contributed by atoms with Crippen LogP contribution in [-0.2, 0) is 23.7 Å². The second-order valence-corrected chi connectivity index (χ2v) is 8.41. The van der Waals surface area contributed by atoms with E-state index in [2.05, 4.69) is 15.3 Å². The minimum Gasteiger partial charge on any atom is -0.497 e. The van der Waals surface area contributed by atoms with Gasteiger partial charge in [-0.05, 0) is 49.4 Å². The number of nitrogens with zero attached hydrogens (tertiary/aromatic N) is 2. The molecule has 10 nitrogen and oxygen atoms in total. The maximum absolute atomic E-state index is 12.6. The average molecular weight is 510 g/mol. The van der Waals surface area contributed by atoms with Crippen molar-refractivity contribution in [2.75, 3.05) is 33.8 Å². The summed E-state index contributed by atoms with van der Waals surface area (Å²) < 4.78 is 33.1. The highest BCUT2D eigenvalue weighted by atomic mass is 16.7. The van der Waals surface area contributed by atoms with Gasteiger partial charge < -0.3 is 28.4 Å². The van der Waals surface area contributed by atoms with Crippen LogP contribution in [0.2, 0.25) is 0 Å². The molecule has 4 rings (SSSR count). The van der Waals surface area contributed by atoms with Crippen molar-refractivity contribution in [2.45, 2.75) is 37.6 Å². The molecular weight excluding hydrogens is 478 g/mol. The number of amides is 1. The summed E-state index contributed by atoms with van der Waals surface area (Å²) in [6.07, 6.45) is -1.78. The van der Waals surface area contributed by atoms with Crippen LogP contribution in [0, 0.1) is 0 Å². The van der Waals surface area contributed by atoms with Crippen LogP contribution in [0.3, 0.4) is 0 Å². The van der Waals surface area contributed by atoms with Crippen molar-refractivity contribution in [3.05, 3.63) is 60.8 Å². The van der Waals surface area contributed by atoms with Crippen molar-refractivity contribution in [3.8, 4) is 28.4 Å². The number of carbonyl (C=O) groups excluding carboxylic acids is 1. The molecule has 0 saturated carbocycles. The molecule has 1 N–H and O–H groups in total. The van der Waals surface area contributed by atoms with Gasteiger partial charge in [-0.1, -0.05) is 12.1 Å². The fourth-order valence-corrected chi connectivity index (χ4v) is 4.29. The Hall–Kier alpha value is -3.57. The number of methoxy groups -OCH3 is 4. The molecule has 0 bridgehead atoms. The first-order chi connectivity index (χ1) is 18.0. The molecule has 1 amide bonds. The summed E-state index contributed by atoms with van der Waals surface area (Å²) in [7, 11) is 6.25. The molecule has 3 aromatic rings. The quantitative estimate of drug-likeness (QED) is 0.479. The number of carbonyl (C=O) groups is 1. The normalized spacial score (nSPS) is 23.3. The molecule has 0 aliphatic carbocycles. The fourth-order valence-electron chi connectivity index (χ4n) is 4.29. The van der Waals surface area contributed by atoms with E-state index in [1.54, 1.807) is 39.7 Å². The van der Waals surface area contributed by atoms with Crippen LogP contribution in [0.15, 0.2) is 60.8 Å². The highest BCUT2D eigenvalue weighted by Gasteiger charge is 2.47. The Labute approximate surface area is 215 Å². The molecule has 2 aromatic carbocycles. The molecule has 10 heteroatoms. The zero-order valence-electron chi connectivity index (χ0n) is 21.4. The van der Waals surface area contributed by atoms with E-state index in [1.165, 1.54) is 7.11 Å². The second-order valence-electron chi connectivity index (χ2n) is 8.41. The van der Waals surface area contributed by atoms with Crippen molar-refractivity contribution in [2.24, 2.45) is 0 Å². The first kappa shape index (κ1) is 26.5. The van der Waals surface area contributed by atoms with Crippen molar-refractivity contribution >= 4 is 11.8 Å². The van der Waals surface area contributed by atoms with E-state index in [-0.39, 0.29) is 12.2 Å². The van der Waals surface area contributed by atoms with Crippen molar-refractivity contribution in [3.63, 3.8) is 0 Å². The molecule has 1 aliphatic rings. The van der Waals surface area contributed by atoms with E-state index >= 15 is 0 Å². The Morgan fingerprint density at radius 1 is 0.838 bits per heavy atom. The summed E-state index contributed by atoms with van der Waals surface area (Å²) in [6, 6.07) is 16.6. The third kappa shape index (κ3) is 6.05. The average Bonchev–Trinajstić information content (AvgIpc) is 2.93. The van der Waals surface area contributed by atoms with Gasteiger partial charge >= 0.3 is 6.09 Å². The van der Waals surface area contributed by atoms with E-state index in [4.69, 9.17) is 28.4 Å². The predicted octanol–water partition coefficient (Wildman–Crippen LogP) is 4.16.